The molecule has 0 bridgehead atoms. The van der Waals surface area contributed by atoms with Gasteiger partial charge in [0.1, 0.15) is 11.6 Å². The zero-order chi connectivity index (χ0) is 19.1. The van der Waals surface area contributed by atoms with Crippen LogP contribution in [-0.2, 0) is 6.42 Å². The first kappa shape index (κ1) is 18.7. The SMILES string of the molecule is COc1cccc(CCNc2ccc(NC(=O)c3ccccc3Cl)nc2)c1. The predicted molar refractivity (Wildman–Crippen MR) is 109 cm³/mol. The Morgan fingerprint density at radius 2 is 1.96 bits per heavy atom. The topological polar surface area (TPSA) is 63.2 Å². The van der Waals surface area contributed by atoms with E-state index in [1.165, 1.54) is 5.56 Å². The molecule has 1 heterocycles. The third-order valence-corrected chi connectivity index (χ3v) is 4.33. The minimum atomic E-state index is -0.285. The summed E-state index contributed by atoms with van der Waals surface area (Å²) in [7, 11) is 1.66. The molecule has 0 saturated heterocycles. The van der Waals surface area contributed by atoms with Crippen molar-refractivity contribution < 1.29 is 9.53 Å². The lowest BCUT2D eigenvalue weighted by Gasteiger charge is -2.09. The first-order chi connectivity index (χ1) is 13.2. The van der Waals surface area contributed by atoms with E-state index in [1.54, 1.807) is 43.6 Å². The van der Waals surface area contributed by atoms with E-state index in [0.29, 0.717) is 16.4 Å². The molecule has 0 aliphatic carbocycles. The number of carbonyl (C=O) groups excluding carboxylic acids is 1. The molecule has 6 heteroatoms. The second-order valence-corrected chi connectivity index (χ2v) is 6.30. The molecule has 0 saturated carbocycles. The highest BCUT2D eigenvalue weighted by Gasteiger charge is 2.10. The van der Waals surface area contributed by atoms with Crippen molar-refractivity contribution in [1.82, 2.24) is 4.98 Å². The summed E-state index contributed by atoms with van der Waals surface area (Å²) in [6.07, 6.45) is 2.55. The molecule has 5 nitrogen and oxygen atoms in total. The number of halogens is 1. The van der Waals surface area contributed by atoms with Crippen molar-refractivity contribution in [2.45, 2.75) is 6.42 Å². The Bertz CT molecular complexity index is 913. The molecule has 0 radical (unpaired) electrons. The van der Waals surface area contributed by atoms with Crippen LogP contribution in [0.3, 0.4) is 0 Å². The molecule has 138 valence electrons. The van der Waals surface area contributed by atoms with Gasteiger partial charge in [-0.05, 0) is 48.4 Å². The Labute approximate surface area is 163 Å². The molecule has 3 aromatic rings. The standard InChI is InChI=1S/C21H20ClN3O2/c1-27-17-6-4-5-15(13-17)11-12-23-16-9-10-20(24-14-16)25-21(26)18-7-2-3-8-19(18)22/h2-10,13-14,23H,11-12H2,1H3,(H,24,25,26). The van der Waals surface area contributed by atoms with Crippen LogP contribution in [0, 0.1) is 0 Å². The van der Waals surface area contributed by atoms with Crippen molar-refractivity contribution in [2.75, 3.05) is 24.3 Å². The van der Waals surface area contributed by atoms with Gasteiger partial charge in [0.15, 0.2) is 0 Å². The quantitative estimate of drug-likeness (QED) is 0.625. The molecule has 0 spiro atoms. The van der Waals surface area contributed by atoms with E-state index in [2.05, 4.69) is 21.7 Å². The number of rotatable bonds is 7. The Morgan fingerprint density at radius 3 is 2.70 bits per heavy atom. The summed E-state index contributed by atoms with van der Waals surface area (Å²) in [5.41, 5.74) is 2.49. The fourth-order valence-corrected chi connectivity index (χ4v) is 2.80. The van der Waals surface area contributed by atoms with E-state index in [-0.39, 0.29) is 5.91 Å². The Kier molecular flexibility index (Phi) is 6.28. The molecule has 0 aliphatic heterocycles. The van der Waals surface area contributed by atoms with E-state index in [9.17, 15) is 4.79 Å². The molecule has 0 fully saturated rings. The highest BCUT2D eigenvalue weighted by atomic mass is 35.5. The number of nitrogens with zero attached hydrogens (tertiary/aromatic N) is 1. The highest BCUT2D eigenvalue weighted by Crippen LogP contribution is 2.17. The largest absolute Gasteiger partial charge is 0.497 e. The van der Waals surface area contributed by atoms with Crippen LogP contribution in [0.1, 0.15) is 15.9 Å². The fraction of sp³-hybridized carbons (Fsp3) is 0.143. The zero-order valence-electron chi connectivity index (χ0n) is 14.9. The summed E-state index contributed by atoms with van der Waals surface area (Å²) in [6, 6.07) is 18.5. The number of anilines is 2. The fourth-order valence-electron chi connectivity index (χ4n) is 2.58. The van der Waals surface area contributed by atoms with Gasteiger partial charge in [-0.1, -0.05) is 35.9 Å². The molecular formula is C21H20ClN3O2. The lowest BCUT2D eigenvalue weighted by atomic mass is 10.1. The molecule has 2 aromatic carbocycles. The number of aromatic nitrogens is 1. The van der Waals surface area contributed by atoms with Crippen LogP contribution in [0.15, 0.2) is 66.9 Å². The summed E-state index contributed by atoms with van der Waals surface area (Å²) in [4.78, 5) is 16.5. The molecule has 0 unspecified atom stereocenters. The van der Waals surface area contributed by atoms with Crippen molar-refractivity contribution in [3.8, 4) is 5.75 Å². The average Bonchev–Trinajstić information content (AvgIpc) is 2.70. The number of ether oxygens (including phenoxy) is 1. The van der Waals surface area contributed by atoms with Crippen molar-refractivity contribution in [2.24, 2.45) is 0 Å². The Hall–Kier alpha value is -3.05. The zero-order valence-corrected chi connectivity index (χ0v) is 15.7. The van der Waals surface area contributed by atoms with Gasteiger partial charge >= 0.3 is 0 Å². The lowest BCUT2D eigenvalue weighted by molar-refractivity contribution is 0.102. The minimum absolute atomic E-state index is 0.285. The van der Waals surface area contributed by atoms with Crippen LogP contribution in [0.4, 0.5) is 11.5 Å². The van der Waals surface area contributed by atoms with E-state index in [0.717, 1.165) is 24.4 Å². The van der Waals surface area contributed by atoms with Crippen LogP contribution in [0.25, 0.3) is 0 Å². The molecule has 1 amide bonds. The van der Waals surface area contributed by atoms with E-state index >= 15 is 0 Å². The van der Waals surface area contributed by atoms with Gasteiger partial charge in [0.2, 0.25) is 0 Å². The van der Waals surface area contributed by atoms with Crippen LogP contribution >= 0.6 is 11.6 Å². The van der Waals surface area contributed by atoms with Crippen molar-refractivity contribution in [3.63, 3.8) is 0 Å². The third kappa shape index (κ3) is 5.21. The number of nitrogens with one attached hydrogen (secondary N) is 2. The maximum atomic E-state index is 12.2. The van der Waals surface area contributed by atoms with Gasteiger partial charge < -0.3 is 15.4 Å². The van der Waals surface area contributed by atoms with Crippen molar-refractivity contribution in [1.29, 1.82) is 0 Å². The van der Waals surface area contributed by atoms with Gasteiger partial charge in [0, 0.05) is 6.54 Å². The first-order valence-electron chi connectivity index (χ1n) is 8.54. The molecule has 0 atom stereocenters. The van der Waals surface area contributed by atoms with Crippen LogP contribution in [0.5, 0.6) is 5.75 Å². The van der Waals surface area contributed by atoms with E-state index in [4.69, 9.17) is 16.3 Å². The predicted octanol–water partition coefficient (Wildman–Crippen LogP) is 4.65. The Balaban J connectivity index is 1.52. The summed E-state index contributed by atoms with van der Waals surface area (Å²) in [5, 5.41) is 6.47. The number of benzene rings is 2. The second-order valence-electron chi connectivity index (χ2n) is 5.89. The smallest absolute Gasteiger partial charge is 0.258 e. The lowest BCUT2D eigenvalue weighted by Crippen LogP contribution is -2.13. The van der Waals surface area contributed by atoms with Crippen molar-refractivity contribution in [3.05, 3.63) is 83.0 Å². The van der Waals surface area contributed by atoms with Gasteiger partial charge in [-0.2, -0.15) is 0 Å². The number of methoxy groups -OCH3 is 1. The van der Waals surface area contributed by atoms with E-state index in [1.807, 2.05) is 24.3 Å². The van der Waals surface area contributed by atoms with Crippen molar-refractivity contribution >= 4 is 29.0 Å². The summed E-state index contributed by atoms with van der Waals surface area (Å²) in [6.45, 7) is 0.764. The number of pyridine rings is 1. The summed E-state index contributed by atoms with van der Waals surface area (Å²) >= 11 is 6.04. The molecule has 3 rings (SSSR count). The van der Waals surface area contributed by atoms with Gasteiger partial charge in [-0.15, -0.1) is 0 Å². The summed E-state index contributed by atoms with van der Waals surface area (Å²) in [5.74, 6) is 1.04. The second kappa shape index (κ2) is 9.05. The number of amides is 1. The number of carbonyl (C=O) groups is 1. The molecule has 2 N–H and O–H groups in total. The average molecular weight is 382 g/mol. The number of hydrogen-bond acceptors (Lipinski definition) is 4. The molecular weight excluding hydrogens is 362 g/mol. The summed E-state index contributed by atoms with van der Waals surface area (Å²) < 4.78 is 5.23. The van der Waals surface area contributed by atoms with Gasteiger partial charge in [0.25, 0.3) is 5.91 Å². The van der Waals surface area contributed by atoms with Crippen LogP contribution in [-0.4, -0.2) is 24.5 Å². The van der Waals surface area contributed by atoms with Gasteiger partial charge in [-0.25, -0.2) is 4.98 Å². The van der Waals surface area contributed by atoms with E-state index < -0.39 is 0 Å². The number of hydrogen-bond donors (Lipinski definition) is 2. The monoisotopic (exact) mass is 381 g/mol. The van der Waals surface area contributed by atoms with Gasteiger partial charge in [0.05, 0.1) is 29.6 Å². The molecule has 27 heavy (non-hydrogen) atoms. The first-order valence-corrected chi connectivity index (χ1v) is 8.92. The van der Waals surface area contributed by atoms with Crippen LogP contribution < -0.4 is 15.4 Å². The molecule has 0 aliphatic rings. The van der Waals surface area contributed by atoms with Crippen LogP contribution in [0.2, 0.25) is 5.02 Å². The Morgan fingerprint density at radius 1 is 1.11 bits per heavy atom. The highest BCUT2D eigenvalue weighted by molar-refractivity contribution is 6.34. The van der Waals surface area contributed by atoms with Gasteiger partial charge in [-0.3, -0.25) is 4.79 Å². The normalized spacial score (nSPS) is 10.3. The third-order valence-electron chi connectivity index (χ3n) is 4.00. The maximum Gasteiger partial charge on any atom is 0.258 e. The maximum absolute atomic E-state index is 12.2. The minimum Gasteiger partial charge on any atom is -0.497 e. The molecule has 1 aromatic heterocycles.